The van der Waals surface area contributed by atoms with Crippen LogP contribution in [0, 0.1) is 0 Å². The van der Waals surface area contributed by atoms with Crippen molar-refractivity contribution in [2.75, 3.05) is 0 Å². The largest absolute Gasteiger partial charge is 4.00 e. The Morgan fingerprint density at radius 1 is 0.238 bits per heavy atom. The molecular weight excluding hydrogens is 1630 g/mol. The molecule has 0 heterocycles. The van der Waals surface area contributed by atoms with E-state index in [2.05, 4.69) is 0 Å². The molecular formula is Br3Cl9Hf3I3V3-3. The van der Waals surface area contributed by atoms with Crippen LogP contribution in [-0.2, 0) is 133 Å². The van der Waals surface area contributed by atoms with Gasteiger partial charge in [0.2, 0.25) is 0 Å². The second-order valence-electron chi connectivity index (χ2n) is 0. The Bertz CT molecular complexity index is 44.7. The van der Waals surface area contributed by atoms with Crippen molar-refractivity contribution < 1.29 is 368 Å². The molecule has 0 spiro atoms. The summed E-state index contributed by atoms with van der Waals surface area (Å²) in [7, 11) is 0. The van der Waals surface area contributed by atoms with Gasteiger partial charge >= 0.3 is 77.5 Å². The minimum Gasteiger partial charge on any atom is -1.00 e. The van der Waals surface area contributed by atoms with Crippen LogP contribution < -0.4 is 235 Å². The summed E-state index contributed by atoms with van der Waals surface area (Å²) in [5.74, 6) is 0. The van der Waals surface area contributed by atoms with Crippen LogP contribution in [0.25, 0.3) is 0 Å². The summed E-state index contributed by atoms with van der Waals surface area (Å²) >= 11 is 0. The molecule has 0 amide bonds. The van der Waals surface area contributed by atoms with Gasteiger partial charge in [0.15, 0.2) is 0 Å². The molecule has 0 aliphatic heterocycles. The van der Waals surface area contributed by atoms with Crippen LogP contribution >= 0.6 is 0 Å². The van der Waals surface area contributed by atoms with Gasteiger partial charge in [0.05, 0.1) is 0 Å². The predicted octanol–water partition coefficient (Wildman–Crippen LogP) is -45.0. The van der Waals surface area contributed by atoms with Gasteiger partial charge in [-0.2, -0.15) is 0 Å². The molecule has 0 saturated heterocycles. The van der Waals surface area contributed by atoms with Crippen molar-refractivity contribution in [2.24, 2.45) is 0 Å². The van der Waals surface area contributed by atoms with Crippen molar-refractivity contribution in [1.82, 2.24) is 0 Å². The SMILES string of the molecule is [Br-].[Br-].[Br-].[Cl-].[Cl-].[Cl-].[Cl-].[Cl-].[Cl-].[Cl-].[Cl-].[Cl-].[Hf+4].[Hf+4].[Hf+4].[I-].[I-].[I-].[V].[V].[V]. The first-order chi connectivity index (χ1) is 0. The molecule has 0 aromatic heterocycles. The van der Waals surface area contributed by atoms with Crippen LogP contribution in [0.1, 0.15) is 0 Å². The minimum absolute atomic E-state index is 0. The van der Waals surface area contributed by atoms with Gasteiger partial charge in [-0.25, -0.2) is 0 Å². The van der Waals surface area contributed by atoms with Crippen molar-refractivity contribution in [3.63, 3.8) is 0 Å². The van der Waals surface area contributed by atoms with Gasteiger partial charge in [0, 0.05) is 55.7 Å². The van der Waals surface area contributed by atoms with E-state index in [1.807, 2.05) is 0 Å². The maximum absolute atomic E-state index is 0. The van der Waals surface area contributed by atoms with E-state index in [9.17, 15) is 0 Å². The van der Waals surface area contributed by atoms with Crippen LogP contribution in [0.3, 0.4) is 0 Å². The van der Waals surface area contributed by atoms with Gasteiger partial charge in [-0.1, -0.05) is 0 Å². The van der Waals surface area contributed by atoms with E-state index < -0.39 is 0 Å². The topological polar surface area (TPSA) is 0 Å². The summed E-state index contributed by atoms with van der Waals surface area (Å²) in [5.41, 5.74) is 0. The second kappa shape index (κ2) is 239. The molecule has 0 saturated carbocycles. The fourth-order valence-corrected chi connectivity index (χ4v) is 0. The molecule has 0 aromatic rings. The van der Waals surface area contributed by atoms with E-state index >= 15 is 0 Å². The molecule has 0 aromatic carbocycles. The molecule has 0 rings (SSSR count). The van der Waals surface area contributed by atoms with Crippen molar-refractivity contribution in [3.05, 3.63) is 0 Å². The predicted molar refractivity (Wildman–Crippen MR) is 0 cm³/mol. The fraction of sp³-hybridized carbons (Fsp3) is 0. The molecule has 21 heteroatoms. The minimum atomic E-state index is 0. The first-order valence-electron chi connectivity index (χ1n) is 0. The quantitative estimate of drug-likeness (QED) is 0.168. The van der Waals surface area contributed by atoms with Gasteiger partial charge in [-0.15, -0.1) is 0 Å². The van der Waals surface area contributed by atoms with Crippen LogP contribution in [0.4, 0.5) is 0 Å². The number of rotatable bonds is 0. The summed E-state index contributed by atoms with van der Waals surface area (Å²) in [6.45, 7) is 0. The van der Waals surface area contributed by atoms with E-state index in [-0.39, 0.29) is 368 Å². The molecule has 0 aliphatic carbocycles. The molecule has 21 heavy (non-hydrogen) atoms. The zero-order valence-electron chi connectivity index (χ0n) is 8.51. The van der Waals surface area contributed by atoms with Gasteiger partial charge in [0.1, 0.15) is 0 Å². The number of hydrogen-bond acceptors (Lipinski definition) is 0. The molecule has 0 N–H and O–H groups in total. The van der Waals surface area contributed by atoms with Crippen molar-refractivity contribution in [2.45, 2.75) is 0 Å². The van der Waals surface area contributed by atoms with E-state index in [1.165, 1.54) is 0 Å². The van der Waals surface area contributed by atoms with Gasteiger partial charge < -0.3 is 235 Å². The standard InChI is InChI=1S/3BrH.9ClH.3Hf.3HI.3V/h12*1H;;;;3*1H;;;/q;;;;;;;;;;;;3*+4;;;;;;/p-15. The smallest absolute Gasteiger partial charge is 1.00 e. The Balaban J connectivity index is 0. The Kier molecular flexibility index (Phi) is 2990. The molecule has 0 nitrogen and oxygen atoms in total. The van der Waals surface area contributed by atoms with Crippen molar-refractivity contribution in [1.29, 1.82) is 0 Å². The summed E-state index contributed by atoms with van der Waals surface area (Å²) in [6, 6.07) is 0. The third kappa shape index (κ3) is 223. The monoisotopic (exact) mass is 1620 g/mol. The van der Waals surface area contributed by atoms with E-state index in [0.29, 0.717) is 0 Å². The zero-order valence-corrected chi connectivity index (χ0v) is 41.5. The van der Waals surface area contributed by atoms with Crippen molar-refractivity contribution in [3.8, 4) is 0 Å². The van der Waals surface area contributed by atoms with Crippen molar-refractivity contribution >= 4 is 0 Å². The van der Waals surface area contributed by atoms with E-state index in [1.54, 1.807) is 0 Å². The molecule has 0 atom stereocenters. The summed E-state index contributed by atoms with van der Waals surface area (Å²) in [5, 5.41) is 0. The molecule has 3 radical (unpaired) electrons. The van der Waals surface area contributed by atoms with Crippen LogP contribution in [0.2, 0.25) is 0 Å². The molecule has 0 bridgehead atoms. The van der Waals surface area contributed by atoms with Gasteiger partial charge in [-0.3, -0.25) is 0 Å². The normalized spacial score (nSPS) is 0. The molecule has 0 aliphatic rings. The maximum atomic E-state index is 0. The first-order valence-corrected chi connectivity index (χ1v) is 0. The van der Waals surface area contributed by atoms with E-state index in [4.69, 9.17) is 0 Å². The summed E-state index contributed by atoms with van der Waals surface area (Å²) < 4.78 is 0. The third-order valence-corrected chi connectivity index (χ3v) is 0. The van der Waals surface area contributed by atoms with Crippen LogP contribution in [0.5, 0.6) is 0 Å². The molecule has 0 fully saturated rings. The van der Waals surface area contributed by atoms with Gasteiger partial charge in [0.25, 0.3) is 0 Å². The molecule has 0 unspecified atom stereocenters. The number of halogens is 15. The zero-order chi connectivity index (χ0) is 0. The Morgan fingerprint density at radius 2 is 0.238 bits per heavy atom. The van der Waals surface area contributed by atoms with Crippen LogP contribution in [0.15, 0.2) is 0 Å². The summed E-state index contributed by atoms with van der Waals surface area (Å²) in [6.07, 6.45) is 0. The fourth-order valence-electron chi connectivity index (χ4n) is 0. The average molecular weight is 1630 g/mol. The number of hydrogen-bond donors (Lipinski definition) is 0. The summed E-state index contributed by atoms with van der Waals surface area (Å²) in [4.78, 5) is 0. The Labute approximate surface area is 358 Å². The molecule has 135 valence electrons. The third-order valence-electron chi connectivity index (χ3n) is 0. The van der Waals surface area contributed by atoms with Crippen LogP contribution in [-0.4, -0.2) is 0 Å². The maximum Gasteiger partial charge on any atom is 4.00 e. The van der Waals surface area contributed by atoms with E-state index in [0.717, 1.165) is 0 Å². The first kappa shape index (κ1) is 263. The average Bonchev–Trinajstić information content (AvgIpc) is 0. The van der Waals surface area contributed by atoms with Gasteiger partial charge in [-0.05, 0) is 0 Å². The Morgan fingerprint density at radius 3 is 0.238 bits per heavy atom. The Hall–Kier alpha value is 10.6. The second-order valence-corrected chi connectivity index (χ2v) is 0.